The molecule has 2 aromatic heterocycles. The lowest BCUT2D eigenvalue weighted by Crippen LogP contribution is -2.42. The molecule has 0 unspecified atom stereocenters. The fourth-order valence-corrected chi connectivity index (χ4v) is 4.77. The Morgan fingerprint density at radius 2 is 2.04 bits per heavy atom. The summed E-state index contributed by atoms with van der Waals surface area (Å²) >= 11 is 1.53. The molecule has 1 N–H and O–H groups in total. The molecule has 0 radical (unpaired) electrons. The molecule has 1 atom stereocenters. The van der Waals surface area contributed by atoms with Gasteiger partial charge in [0.05, 0.1) is 16.7 Å². The molecule has 1 fully saturated rings. The van der Waals surface area contributed by atoms with Crippen LogP contribution in [-0.4, -0.2) is 38.6 Å². The first kappa shape index (κ1) is 18.9. The van der Waals surface area contributed by atoms with Crippen molar-refractivity contribution in [3.63, 3.8) is 0 Å². The van der Waals surface area contributed by atoms with Gasteiger partial charge < -0.3 is 9.47 Å². The van der Waals surface area contributed by atoms with Gasteiger partial charge >= 0.3 is 6.03 Å². The highest BCUT2D eigenvalue weighted by atomic mass is 32.1. The zero-order valence-corrected chi connectivity index (χ0v) is 17.7. The van der Waals surface area contributed by atoms with Crippen LogP contribution in [0.15, 0.2) is 24.3 Å². The fourth-order valence-electron chi connectivity index (χ4n) is 3.96. The van der Waals surface area contributed by atoms with E-state index in [1.54, 1.807) is 0 Å². The van der Waals surface area contributed by atoms with E-state index in [2.05, 4.69) is 46.9 Å². The summed E-state index contributed by atoms with van der Waals surface area (Å²) in [7, 11) is 0. The van der Waals surface area contributed by atoms with E-state index in [1.807, 2.05) is 24.8 Å². The van der Waals surface area contributed by atoms with Gasteiger partial charge in [0.2, 0.25) is 0 Å². The molecule has 2 amide bonds. The quantitative estimate of drug-likeness (QED) is 0.668. The van der Waals surface area contributed by atoms with Gasteiger partial charge in [-0.3, -0.25) is 5.32 Å². The number of thiazole rings is 1. The Morgan fingerprint density at radius 1 is 1.25 bits per heavy atom. The Morgan fingerprint density at radius 3 is 2.75 bits per heavy atom. The van der Waals surface area contributed by atoms with Crippen LogP contribution in [0.1, 0.15) is 55.0 Å². The van der Waals surface area contributed by atoms with Crippen molar-refractivity contribution in [2.75, 3.05) is 18.4 Å². The second-order valence-corrected chi connectivity index (χ2v) is 9.00. The van der Waals surface area contributed by atoms with Gasteiger partial charge in [-0.15, -0.1) is 11.3 Å². The molecule has 7 heteroatoms. The van der Waals surface area contributed by atoms with E-state index in [0.717, 1.165) is 41.3 Å². The summed E-state index contributed by atoms with van der Waals surface area (Å²) in [5.41, 5.74) is 3.17. The Kier molecular flexibility index (Phi) is 5.10. The maximum atomic E-state index is 12.8. The van der Waals surface area contributed by atoms with Crippen LogP contribution in [-0.2, 0) is 0 Å². The number of aromatic nitrogens is 3. The third kappa shape index (κ3) is 3.51. The lowest BCUT2D eigenvalue weighted by molar-refractivity contribution is 0.190. The van der Waals surface area contributed by atoms with Gasteiger partial charge in [-0.2, -0.15) is 0 Å². The number of urea groups is 1. The van der Waals surface area contributed by atoms with Crippen molar-refractivity contribution in [2.45, 2.75) is 52.5 Å². The predicted octanol–water partition coefficient (Wildman–Crippen LogP) is 5.10. The molecule has 3 heterocycles. The first-order valence-corrected chi connectivity index (χ1v) is 10.7. The van der Waals surface area contributed by atoms with E-state index >= 15 is 0 Å². The molecule has 1 saturated heterocycles. The number of amides is 2. The molecule has 0 spiro atoms. The van der Waals surface area contributed by atoms with Crippen molar-refractivity contribution < 1.29 is 4.79 Å². The van der Waals surface area contributed by atoms with Gasteiger partial charge in [-0.05, 0) is 52.7 Å². The number of carbonyl (C=O) groups excluding carboxylic acids is 1. The van der Waals surface area contributed by atoms with E-state index in [4.69, 9.17) is 4.98 Å². The van der Waals surface area contributed by atoms with Gasteiger partial charge in [0.25, 0.3) is 0 Å². The minimum absolute atomic E-state index is 0.0642. The Bertz CT molecular complexity index is 986. The van der Waals surface area contributed by atoms with Crippen LogP contribution in [0.3, 0.4) is 0 Å². The molecule has 28 heavy (non-hydrogen) atoms. The van der Waals surface area contributed by atoms with Crippen molar-refractivity contribution in [3.8, 4) is 0 Å². The third-order valence-electron chi connectivity index (χ3n) is 5.46. The van der Waals surface area contributed by atoms with Crippen LogP contribution in [0.4, 0.5) is 9.93 Å². The predicted molar refractivity (Wildman–Crippen MR) is 114 cm³/mol. The summed E-state index contributed by atoms with van der Waals surface area (Å²) in [6.45, 7) is 9.83. The molecule has 0 saturated carbocycles. The number of hydrogen-bond acceptors (Lipinski definition) is 4. The molecule has 6 nitrogen and oxygen atoms in total. The lowest BCUT2D eigenvalue weighted by Gasteiger charge is -2.33. The van der Waals surface area contributed by atoms with Crippen LogP contribution in [0.5, 0.6) is 0 Å². The van der Waals surface area contributed by atoms with E-state index in [1.165, 1.54) is 16.9 Å². The molecule has 1 aliphatic heterocycles. The number of imidazole rings is 1. The summed E-state index contributed by atoms with van der Waals surface area (Å²) in [5.74, 6) is 1.34. The Hall–Kier alpha value is -2.41. The number of likely N-dealkylation sites (tertiary alicyclic amines) is 1. The Balaban J connectivity index is 1.56. The van der Waals surface area contributed by atoms with Crippen LogP contribution >= 0.6 is 11.3 Å². The standard InChI is InChI=1S/C21H27N5OS/c1-13(2)26-18-10-6-5-9-17(18)23-19(26)16-8-7-11-25(12-16)21(27)24-20-22-14(3)15(4)28-20/h5-6,9-10,13,16H,7-8,11-12H2,1-4H3,(H,22,24,27)/t16-/m1/s1. The second-order valence-electron chi connectivity index (χ2n) is 7.80. The minimum Gasteiger partial charge on any atom is -0.325 e. The van der Waals surface area contributed by atoms with Crippen molar-refractivity contribution in [1.82, 2.24) is 19.4 Å². The smallest absolute Gasteiger partial charge is 0.323 e. The van der Waals surface area contributed by atoms with Crippen molar-refractivity contribution in [2.24, 2.45) is 0 Å². The topological polar surface area (TPSA) is 63.1 Å². The highest BCUT2D eigenvalue weighted by Gasteiger charge is 2.29. The van der Waals surface area contributed by atoms with Crippen molar-refractivity contribution in [1.29, 1.82) is 0 Å². The number of anilines is 1. The average Bonchev–Trinajstić information content (AvgIpc) is 3.21. The van der Waals surface area contributed by atoms with Crippen LogP contribution in [0, 0.1) is 13.8 Å². The number of carbonyl (C=O) groups is 1. The number of nitrogens with one attached hydrogen (secondary N) is 1. The maximum Gasteiger partial charge on any atom is 0.323 e. The average molecular weight is 398 g/mol. The fraction of sp³-hybridized carbons (Fsp3) is 0.476. The summed E-state index contributed by atoms with van der Waals surface area (Å²) < 4.78 is 2.33. The zero-order valence-electron chi connectivity index (χ0n) is 16.9. The minimum atomic E-state index is -0.0642. The second kappa shape index (κ2) is 7.54. The highest BCUT2D eigenvalue weighted by molar-refractivity contribution is 7.15. The number of rotatable bonds is 3. The third-order valence-corrected chi connectivity index (χ3v) is 6.44. The number of hydrogen-bond donors (Lipinski definition) is 1. The molecule has 1 aliphatic rings. The molecular formula is C21H27N5OS. The Labute approximate surface area is 169 Å². The number of piperidine rings is 1. The highest BCUT2D eigenvalue weighted by Crippen LogP contribution is 2.32. The van der Waals surface area contributed by atoms with Gasteiger partial charge in [-0.25, -0.2) is 14.8 Å². The lowest BCUT2D eigenvalue weighted by atomic mass is 9.97. The van der Waals surface area contributed by atoms with Crippen molar-refractivity contribution in [3.05, 3.63) is 40.7 Å². The molecule has 0 aliphatic carbocycles. The van der Waals surface area contributed by atoms with E-state index in [9.17, 15) is 4.79 Å². The number of para-hydroxylation sites is 2. The number of aryl methyl sites for hydroxylation is 2. The molecule has 4 rings (SSSR count). The van der Waals surface area contributed by atoms with Gasteiger partial charge in [0, 0.05) is 29.9 Å². The van der Waals surface area contributed by atoms with E-state index in [0.29, 0.717) is 17.7 Å². The number of fused-ring (bicyclic) bond motifs is 1. The summed E-state index contributed by atoms with van der Waals surface area (Å²) in [6.07, 6.45) is 2.03. The number of nitrogens with zero attached hydrogens (tertiary/aromatic N) is 4. The number of benzene rings is 1. The summed E-state index contributed by atoms with van der Waals surface area (Å²) in [4.78, 5) is 25.2. The summed E-state index contributed by atoms with van der Waals surface area (Å²) in [6, 6.07) is 8.55. The van der Waals surface area contributed by atoms with E-state index < -0.39 is 0 Å². The zero-order chi connectivity index (χ0) is 19.8. The van der Waals surface area contributed by atoms with E-state index in [-0.39, 0.29) is 11.9 Å². The van der Waals surface area contributed by atoms with Crippen LogP contribution < -0.4 is 5.32 Å². The van der Waals surface area contributed by atoms with Gasteiger partial charge in [0.15, 0.2) is 5.13 Å². The molecule has 3 aromatic rings. The largest absolute Gasteiger partial charge is 0.325 e. The molecular weight excluding hydrogens is 370 g/mol. The SMILES string of the molecule is Cc1nc(NC(=O)N2CCC[C@@H](c3nc4ccccc4n3C(C)C)C2)sc1C. The molecule has 0 bridgehead atoms. The van der Waals surface area contributed by atoms with Crippen LogP contribution in [0.2, 0.25) is 0 Å². The first-order valence-electron chi connectivity index (χ1n) is 9.91. The van der Waals surface area contributed by atoms with Crippen LogP contribution in [0.25, 0.3) is 11.0 Å². The molecule has 148 valence electrons. The first-order chi connectivity index (χ1) is 13.4. The van der Waals surface area contributed by atoms with Gasteiger partial charge in [0.1, 0.15) is 5.82 Å². The van der Waals surface area contributed by atoms with Crippen molar-refractivity contribution >= 4 is 33.5 Å². The summed E-state index contributed by atoms with van der Waals surface area (Å²) in [5, 5.41) is 3.65. The normalized spacial score (nSPS) is 17.5. The molecule has 1 aromatic carbocycles. The maximum absolute atomic E-state index is 12.8. The van der Waals surface area contributed by atoms with Gasteiger partial charge in [-0.1, -0.05) is 12.1 Å². The monoisotopic (exact) mass is 397 g/mol.